The number of aromatic nitrogens is 2. The van der Waals surface area contributed by atoms with Gasteiger partial charge in [-0.1, -0.05) is 97.5 Å². The fourth-order valence-electron chi connectivity index (χ4n) is 12.2. The van der Waals surface area contributed by atoms with E-state index in [1.165, 1.54) is 69.9 Å². The van der Waals surface area contributed by atoms with E-state index in [1.54, 1.807) is 0 Å². The van der Waals surface area contributed by atoms with E-state index in [0.717, 1.165) is 45.9 Å². The zero-order valence-corrected chi connectivity index (χ0v) is 37.3. The van der Waals surface area contributed by atoms with Gasteiger partial charge in [-0.2, -0.15) is 52.8 Å². The number of fused-ring (bicyclic) bond motifs is 4. The van der Waals surface area contributed by atoms with Gasteiger partial charge >= 0.3 is 0 Å². The maximum absolute atomic E-state index is 5.21. The van der Waals surface area contributed by atoms with Crippen LogP contribution in [0.2, 0.25) is 13.1 Å². The van der Waals surface area contributed by atoms with Crippen molar-refractivity contribution in [3.05, 3.63) is 188 Å². The molecule has 1 aliphatic heterocycles. The second-order valence-corrected chi connectivity index (χ2v) is 22.5. The van der Waals surface area contributed by atoms with Gasteiger partial charge in [0, 0.05) is 55.3 Å². The Labute approximate surface area is 369 Å². The van der Waals surface area contributed by atoms with Crippen LogP contribution in [0.15, 0.2) is 158 Å². The Hall–Kier alpha value is -5.22. The standard InChI is InChI=1S/C54H47N4Si.Pt/c1-59(2,45-19-13-18-44(34-45)57-36-56(43-16-7-4-8-17-43)50-22-11-12-23-51(50)57)46-24-25-48-47-20-9-10-21-49(47)58(52(48)35-46)53-33-40(26-27-55-53)54(39-14-5-3-6-15-39)41-29-37-28-38(31-41)32-42(54)30-37;/h3-27,33,36-38,41-42H,28-32H2,1-2H3;/q-3;. The first-order chi connectivity index (χ1) is 29.0. The summed E-state index contributed by atoms with van der Waals surface area (Å²) in [6.45, 7) is 7.09. The van der Waals surface area contributed by atoms with E-state index in [4.69, 9.17) is 4.98 Å². The first-order valence-electron chi connectivity index (χ1n) is 21.6. The third kappa shape index (κ3) is 5.68. The molecule has 4 fully saturated rings. The molecule has 0 unspecified atom stereocenters. The zero-order chi connectivity index (χ0) is 39.3. The molecule has 6 aromatic carbocycles. The van der Waals surface area contributed by atoms with Gasteiger partial charge in [-0.15, -0.1) is 17.7 Å². The number of rotatable bonds is 7. The zero-order valence-electron chi connectivity index (χ0n) is 34.0. The molecule has 60 heavy (non-hydrogen) atoms. The molecule has 4 bridgehead atoms. The first kappa shape index (κ1) is 37.8. The van der Waals surface area contributed by atoms with Gasteiger partial charge in [-0.3, -0.25) is 0 Å². The van der Waals surface area contributed by atoms with Crippen molar-refractivity contribution in [3.63, 3.8) is 0 Å². The van der Waals surface area contributed by atoms with Crippen LogP contribution < -0.4 is 20.2 Å². The summed E-state index contributed by atoms with van der Waals surface area (Å²) in [6, 6.07) is 63.8. The summed E-state index contributed by atoms with van der Waals surface area (Å²) in [5, 5.41) is 4.97. The number of para-hydroxylation sites is 4. The molecule has 8 aromatic rings. The summed E-state index contributed by atoms with van der Waals surface area (Å²) >= 11 is 0. The fraction of sp³-hybridized carbons (Fsp3) is 0.222. The minimum absolute atomic E-state index is 0. The number of hydrogen-bond acceptors (Lipinski definition) is 3. The molecule has 4 aliphatic carbocycles. The molecule has 0 radical (unpaired) electrons. The van der Waals surface area contributed by atoms with Gasteiger partial charge in [0.2, 0.25) is 0 Å². The third-order valence-electron chi connectivity index (χ3n) is 14.8. The van der Waals surface area contributed by atoms with Crippen LogP contribution in [0.1, 0.15) is 43.2 Å². The van der Waals surface area contributed by atoms with Crippen molar-refractivity contribution in [1.82, 2.24) is 9.55 Å². The van der Waals surface area contributed by atoms with Gasteiger partial charge < -0.3 is 14.4 Å². The summed E-state index contributed by atoms with van der Waals surface area (Å²) in [7, 11) is -2.31. The monoisotopic (exact) mass is 974 g/mol. The predicted octanol–water partition coefficient (Wildman–Crippen LogP) is 11.8. The molecular weight excluding hydrogens is 928 g/mol. The molecular formula is C54H47N4PtSi-3. The maximum Gasteiger partial charge on any atom is 0.135 e. The molecule has 0 amide bonds. The Balaban J connectivity index is 0.00000408. The molecule has 300 valence electrons. The SMILES string of the molecule is C[Si](C)(c1[c-]c(N2[CH-]N(c3ccccc3)c3ccccc32)ccc1)c1[c-]c2c(cc1)c1ccccc1n2-c1cc(C2(c3ccccc3)C3CC4CC(C3)CC2C4)ccn1.[Pt]. The number of nitrogens with zero attached hydrogens (tertiary/aromatic N) is 4. The molecule has 0 saturated heterocycles. The smallest absolute Gasteiger partial charge is 0.135 e. The normalized spacial score (nSPS) is 23.0. The van der Waals surface area contributed by atoms with E-state index in [1.807, 2.05) is 0 Å². The van der Waals surface area contributed by atoms with Crippen LogP contribution in [-0.4, -0.2) is 17.6 Å². The summed E-state index contributed by atoms with van der Waals surface area (Å²) < 4.78 is 2.41. The van der Waals surface area contributed by atoms with Crippen LogP contribution in [-0.2, 0) is 26.5 Å². The summed E-state index contributed by atoms with van der Waals surface area (Å²) in [5.74, 6) is 4.10. The van der Waals surface area contributed by atoms with Crippen molar-refractivity contribution in [3.8, 4) is 5.82 Å². The van der Waals surface area contributed by atoms with Crippen molar-refractivity contribution >= 4 is 63.0 Å². The Kier molecular flexibility index (Phi) is 9.10. The minimum atomic E-state index is -2.31. The molecule has 4 saturated carbocycles. The summed E-state index contributed by atoms with van der Waals surface area (Å²) in [6.07, 6.45) is 8.92. The number of hydrogen-bond donors (Lipinski definition) is 0. The van der Waals surface area contributed by atoms with Crippen LogP contribution >= 0.6 is 0 Å². The Morgan fingerprint density at radius 2 is 1.25 bits per heavy atom. The second-order valence-electron chi connectivity index (χ2n) is 18.2. The molecule has 5 aliphatic rings. The Morgan fingerprint density at radius 1 is 0.600 bits per heavy atom. The molecule has 2 aromatic heterocycles. The Bertz CT molecular complexity index is 2860. The van der Waals surface area contributed by atoms with Crippen LogP contribution in [0.4, 0.5) is 22.7 Å². The molecule has 0 atom stereocenters. The van der Waals surface area contributed by atoms with Gasteiger partial charge in [0.05, 0.1) is 8.07 Å². The van der Waals surface area contributed by atoms with Gasteiger partial charge in [0.25, 0.3) is 0 Å². The molecule has 13 rings (SSSR count). The topological polar surface area (TPSA) is 24.3 Å². The number of anilines is 4. The van der Waals surface area contributed by atoms with Crippen LogP contribution in [0.5, 0.6) is 0 Å². The second kappa shape index (κ2) is 14.5. The molecule has 6 heteroatoms. The molecule has 0 spiro atoms. The van der Waals surface area contributed by atoms with Gasteiger partial charge in [-0.25, -0.2) is 4.98 Å². The fourth-order valence-corrected chi connectivity index (χ4v) is 14.4. The minimum Gasteiger partial charge on any atom is -0.493 e. The average molecular weight is 975 g/mol. The first-order valence-corrected chi connectivity index (χ1v) is 24.6. The van der Waals surface area contributed by atoms with Gasteiger partial charge in [0.1, 0.15) is 5.82 Å². The predicted molar refractivity (Wildman–Crippen MR) is 245 cm³/mol. The number of benzene rings is 6. The molecule has 3 heterocycles. The quantitative estimate of drug-likeness (QED) is 0.117. The van der Waals surface area contributed by atoms with Crippen molar-refractivity contribution in [2.45, 2.75) is 50.6 Å². The molecule has 0 N–H and O–H groups in total. The molecule has 4 nitrogen and oxygen atoms in total. The van der Waals surface area contributed by atoms with Crippen LogP contribution in [0, 0.1) is 42.5 Å². The van der Waals surface area contributed by atoms with Crippen molar-refractivity contribution in [2.24, 2.45) is 23.7 Å². The van der Waals surface area contributed by atoms with Crippen molar-refractivity contribution in [1.29, 1.82) is 0 Å². The van der Waals surface area contributed by atoms with E-state index in [0.29, 0.717) is 11.8 Å². The van der Waals surface area contributed by atoms with Gasteiger partial charge in [0.15, 0.2) is 0 Å². The average Bonchev–Trinajstić information content (AvgIpc) is 3.83. The maximum atomic E-state index is 5.21. The van der Waals surface area contributed by atoms with Crippen LogP contribution in [0.25, 0.3) is 27.6 Å². The van der Waals surface area contributed by atoms with E-state index in [-0.39, 0.29) is 26.5 Å². The Morgan fingerprint density at radius 3 is 2.00 bits per heavy atom. The van der Waals surface area contributed by atoms with E-state index >= 15 is 0 Å². The van der Waals surface area contributed by atoms with Crippen LogP contribution in [0.3, 0.4) is 0 Å². The van der Waals surface area contributed by atoms with Crippen molar-refractivity contribution in [2.75, 3.05) is 9.80 Å². The van der Waals surface area contributed by atoms with Crippen molar-refractivity contribution < 1.29 is 21.1 Å². The summed E-state index contributed by atoms with van der Waals surface area (Å²) in [4.78, 5) is 9.76. The van der Waals surface area contributed by atoms with E-state index in [2.05, 4.69) is 204 Å². The van der Waals surface area contributed by atoms with Gasteiger partial charge in [-0.05, 0) is 115 Å². The summed E-state index contributed by atoms with van der Waals surface area (Å²) in [5.41, 5.74) is 9.73. The van der Waals surface area contributed by atoms with E-state index < -0.39 is 8.07 Å². The number of pyridine rings is 1. The van der Waals surface area contributed by atoms with E-state index in [9.17, 15) is 0 Å². The third-order valence-corrected chi connectivity index (χ3v) is 18.0. The largest absolute Gasteiger partial charge is 0.493 e.